The molecule has 38 heavy (non-hydrogen) atoms. The Kier molecular flexibility index (Phi) is 10.5. The number of ether oxygens (including phenoxy) is 2. The van der Waals surface area contributed by atoms with E-state index in [1.54, 1.807) is 12.1 Å². The van der Waals surface area contributed by atoms with Gasteiger partial charge in [-0.2, -0.15) is 0 Å². The number of alkyl halides is 1. The summed E-state index contributed by atoms with van der Waals surface area (Å²) in [6, 6.07) is 13.7. The summed E-state index contributed by atoms with van der Waals surface area (Å²) in [5.41, 5.74) is 6.57. The molecule has 1 fully saturated rings. The molecule has 4 rings (SSSR count). The van der Waals surface area contributed by atoms with E-state index in [4.69, 9.17) is 9.47 Å². The molecule has 1 unspecified atom stereocenters. The molecule has 2 aromatic carbocycles. The summed E-state index contributed by atoms with van der Waals surface area (Å²) in [5, 5.41) is 0. The first kappa shape index (κ1) is 28.0. The van der Waals surface area contributed by atoms with Gasteiger partial charge < -0.3 is 9.47 Å². The topological polar surface area (TPSA) is 43.3 Å². The van der Waals surface area contributed by atoms with Gasteiger partial charge in [-0.15, -0.1) is 0 Å². The van der Waals surface area contributed by atoms with Crippen molar-refractivity contribution in [2.45, 2.75) is 52.1 Å². The van der Waals surface area contributed by atoms with Crippen LogP contribution in [0.3, 0.4) is 0 Å². The van der Waals surface area contributed by atoms with E-state index in [9.17, 15) is 8.92 Å². The van der Waals surface area contributed by atoms with Crippen LogP contribution in [0.15, 0.2) is 64.7 Å². The van der Waals surface area contributed by atoms with Gasteiger partial charge in [0.1, 0.15) is 18.6 Å². The van der Waals surface area contributed by atoms with Crippen molar-refractivity contribution in [2.75, 3.05) is 39.6 Å². The molecule has 1 saturated heterocycles. The predicted molar refractivity (Wildman–Crippen MR) is 148 cm³/mol. The molecule has 7 heteroatoms. The molecule has 204 valence electrons. The molecule has 1 atom stereocenters. The average molecular weight is 525 g/mol. The average Bonchev–Trinajstić information content (AvgIpc) is 3.31. The highest BCUT2D eigenvalue weighted by atomic mass is 19.3. The predicted octanol–water partition coefficient (Wildman–Crippen LogP) is 6.91. The number of benzene rings is 2. The van der Waals surface area contributed by atoms with Gasteiger partial charge in [0.2, 0.25) is 0 Å². The van der Waals surface area contributed by atoms with E-state index in [1.807, 2.05) is 38.3 Å². The number of rotatable bonds is 12. The van der Waals surface area contributed by atoms with E-state index in [0.29, 0.717) is 19.8 Å². The fourth-order valence-electron chi connectivity index (χ4n) is 5.31. The van der Waals surface area contributed by atoms with Crippen LogP contribution in [0.5, 0.6) is 11.5 Å². The van der Waals surface area contributed by atoms with Gasteiger partial charge in [-0.3, -0.25) is 19.2 Å². The summed E-state index contributed by atoms with van der Waals surface area (Å²) in [4.78, 5) is 10.8. The number of allylic oxidation sites excluding steroid dienone is 3. The Morgan fingerprint density at radius 2 is 1.95 bits per heavy atom. The van der Waals surface area contributed by atoms with Crippen molar-refractivity contribution in [1.82, 2.24) is 4.90 Å². The molecule has 1 aliphatic heterocycles. The second-order valence-electron chi connectivity index (χ2n) is 9.68. The van der Waals surface area contributed by atoms with Gasteiger partial charge in [-0.05, 0) is 104 Å². The van der Waals surface area contributed by atoms with Crippen LogP contribution in [0.1, 0.15) is 56.2 Å². The van der Waals surface area contributed by atoms with Crippen LogP contribution < -0.4 is 9.68 Å². The number of likely N-dealkylation sites (tertiary alicyclic amines) is 1. The minimum Gasteiger partial charge on any atom is -0.489 e. The molecule has 0 spiro atoms. The summed E-state index contributed by atoms with van der Waals surface area (Å²) >= 11 is 0. The molecule has 0 radical (unpaired) electrons. The molecule has 1 heterocycles. The number of hydrogen-bond donors (Lipinski definition) is 0. The molecule has 0 saturated carbocycles. The zero-order chi connectivity index (χ0) is 26.7. The quantitative estimate of drug-likeness (QED) is 0.224. The number of fused-ring (bicyclic) bond motifs is 1. The Labute approximate surface area is 224 Å². The Hall–Kier alpha value is -3.03. The van der Waals surface area contributed by atoms with Crippen molar-refractivity contribution < 1.29 is 23.3 Å². The van der Waals surface area contributed by atoms with E-state index >= 15 is 0 Å². The fraction of sp³-hybridized carbons (Fsp3) is 0.452. The van der Waals surface area contributed by atoms with Crippen LogP contribution in [0.25, 0.3) is 5.57 Å². The zero-order valence-electron chi connectivity index (χ0n) is 22.4. The van der Waals surface area contributed by atoms with Gasteiger partial charge in [-0.1, -0.05) is 24.3 Å². The van der Waals surface area contributed by atoms with Crippen LogP contribution in [0.2, 0.25) is 0 Å². The third-order valence-electron chi connectivity index (χ3n) is 7.15. The highest BCUT2D eigenvalue weighted by molar-refractivity contribution is 5.95. The highest BCUT2D eigenvalue weighted by Crippen LogP contribution is 2.39. The van der Waals surface area contributed by atoms with Crippen LogP contribution >= 0.6 is 0 Å². The maximum atomic E-state index is 13.0. The van der Waals surface area contributed by atoms with Gasteiger partial charge >= 0.3 is 0 Å². The lowest BCUT2D eigenvalue weighted by Crippen LogP contribution is -2.26. The van der Waals surface area contributed by atoms with Crippen molar-refractivity contribution in [3.63, 3.8) is 0 Å². The molecule has 0 bridgehead atoms. The molecule has 0 amide bonds. The zero-order valence-corrected chi connectivity index (χ0v) is 22.4. The Bertz CT molecular complexity index is 1140. The lowest BCUT2D eigenvalue weighted by Gasteiger charge is -2.19. The van der Waals surface area contributed by atoms with Crippen LogP contribution in [-0.4, -0.2) is 56.9 Å². The normalized spacial score (nSPS) is 18.6. The second-order valence-corrected chi connectivity index (χ2v) is 9.68. The third kappa shape index (κ3) is 7.08. The monoisotopic (exact) mass is 524 g/mol. The lowest BCUT2D eigenvalue weighted by atomic mass is 9.87. The molecule has 0 aromatic heterocycles. The smallest absolute Gasteiger partial charge is 0.172 e. The second kappa shape index (κ2) is 14.2. The number of nitrogens with zero attached hydrogens (tertiary/aromatic N) is 2. The molecular formula is C31H38F2N2O3. The van der Waals surface area contributed by atoms with E-state index in [2.05, 4.69) is 33.0 Å². The minimum atomic E-state index is -0.278. The molecule has 1 aliphatic carbocycles. The molecule has 2 aromatic rings. The van der Waals surface area contributed by atoms with E-state index < -0.39 is 0 Å². The van der Waals surface area contributed by atoms with Crippen molar-refractivity contribution in [2.24, 2.45) is 4.99 Å². The van der Waals surface area contributed by atoms with Gasteiger partial charge in [0.15, 0.2) is 5.75 Å². The SMILES string of the molecule is C/C=C(\C=N/COCC)C1=C(c2ccc(OC3CCN(CCCF)C3)cc2)c2ccc(OF)cc2CCC1. The Balaban J connectivity index is 1.64. The van der Waals surface area contributed by atoms with Gasteiger partial charge in [0.05, 0.1) is 6.67 Å². The van der Waals surface area contributed by atoms with Crippen molar-refractivity contribution in [1.29, 1.82) is 0 Å². The minimum absolute atomic E-state index is 0.115. The molecule has 2 aliphatic rings. The molecule has 0 N–H and O–H groups in total. The molecular weight excluding hydrogens is 486 g/mol. The fourth-order valence-corrected chi connectivity index (χ4v) is 5.31. The van der Waals surface area contributed by atoms with E-state index in [1.165, 1.54) is 5.57 Å². The first-order chi connectivity index (χ1) is 18.7. The van der Waals surface area contributed by atoms with Crippen molar-refractivity contribution >= 4 is 11.8 Å². The number of halogens is 2. The van der Waals surface area contributed by atoms with Gasteiger partial charge in [-0.25, -0.2) is 0 Å². The lowest BCUT2D eigenvalue weighted by molar-refractivity contribution is -0.00629. The maximum absolute atomic E-state index is 13.0. The van der Waals surface area contributed by atoms with Gasteiger partial charge in [0.25, 0.3) is 0 Å². The van der Waals surface area contributed by atoms with Gasteiger partial charge in [0, 0.05) is 37.0 Å². The molecule has 5 nitrogen and oxygen atoms in total. The maximum Gasteiger partial charge on any atom is 0.172 e. The summed E-state index contributed by atoms with van der Waals surface area (Å²) < 4.78 is 37.2. The van der Waals surface area contributed by atoms with E-state index in [0.717, 1.165) is 78.9 Å². The summed E-state index contributed by atoms with van der Waals surface area (Å²) in [6.45, 7) is 7.19. The van der Waals surface area contributed by atoms with E-state index in [-0.39, 0.29) is 18.5 Å². The van der Waals surface area contributed by atoms with Crippen LogP contribution in [-0.2, 0) is 11.2 Å². The summed E-state index contributed by atoms with van der Waals surface area (Å²) in [5.74, 6) is 1.05. The largest absolute Gasteiger partial charge is 0.489 e. The third-order valence-corrected chi connectivity index (χ3v) is 7.15. The van der Waals surface area contributed by atoms with Crippen LogP contribution in [0, 0.1) is 0 Å². The summed E-state index contributed by atoms with van der Waals surface area (Å²) in [6.07, 6.45) is 8.23. The summed E-state index contributed by atoms with van der Waals surface area (Å²) in [7, 11) is 0. The first-order valence-corrected chi connectivity index (χ1v) is 13.6. The first-order valence-electron chi connectivity index (χ1n) is 13.6. The Morgan fingerprint density at radius 1 is 1.13 bits per heavy atom. The number of hydrogen-bond acceptors (Lipinski definition) is 5. The standard InChI is InChI=1S/C31H38F2N2O3/c1-3-23(20-34-22-36-4-2)29-8-5-7-25-19-27(38-33)13-14-30(25)31(29)24-9-11-26(12-10-24)37-28-15-18-35(21-28)17-6-16-32/h3,9-14,19-20,28H,4-8,15-18,21-22H2,1-2H3/b23-3+,34-20-. The Morgan fingerprint density at radius 3 is 2.68 bits per heavy atom. The van der Waals surface area contributed by atoms with Crippen molar-refractivity contribution in [3.8, 4) is 11.5 Å². The van der Waals surface area contributed by atoms with Crippen LogP contribution in [0.4, 0.5) is 8.92 Å². The number of aliphatic imine (C=N–C) groups is 1. The number of aryl methyl sites for hydroxylation is 1. The van der Waals surface area contributed by atoms with Crippen molar-refractivity contribution in [3.05, 3.63) is 76.4 Å². The highest BCUT2D eigenvalue weighted by Gasteiger charge is 2.24.